The van der Waals surface area contributed by atoms with Gasteiger partial charge in [0.25, 0.3) is 5.91 Å². The number of rotatable bonds is 3. The second kappa shape index (κ2) is 7.31. The van der Waals surface area contributed by atoms with E-state index in [1.165, 1.54) is 19.2 Å². The molecule has 0 aliphatic carbocycles. The minimum Gasteiger partial charge on any atom is -0.496 e. The van der Waals surface area contributed by atoms with E-state index in [1.807, 2.05) is 0 Å². The lowest BCUT2D eigenvalue weighted by atomic mass is 10.2. The maximum atomic E-state index is 12.7. The molecule has 2 N–H and O–H groups in total. The normalized spacial score (nSPS) is 10.8. The predicted molar refractivity (Wildman–Crippen MR) is 88.1 cm³/mol. The molecule has 2 aromatic carbocycles. The average molecular weight is 354 g/mol. The third kappa shape index (κ3) is 4.45. The molecule has 4 nitrogen and oxygen atoms in total. The number of amides is 1. The number of alkyl halides is 3. The number of methoxy groups -OCH3 is 1. The third-order valence-corrected chi connectivity index (χ3v) is 3.23. The molecular weight excluding hydrogens is 341 g/mol. The van der Waals surface area contributed by atoms with Gasteiger partial charge in [-0.15, -0.1) is 0 Å². The van der Waals surface area contributed by atoms with Gasteiger partial charge in [0, 0.05) is 5.69 Å². The van der Waals surface area contributed by atoms with Gasteiger partial charge in [0.1, 0.15) is 5.75 Å². The maximum Gasteiger partial charge on any atom is 0.416 e. The first-order valence-electron chi connectivity index (χ1n) is 6.74. The van der Waals surface area contributed by atoms with Crippen LogP contribution in [0.1, 0.15) is 15.9 Å². The van der Waals surface area contributed by atoms with E-state index in [0.29, 0.717) is 5.75 Å². The van der Waals surface area contributed by atoms with Crippen LogP contribution in [0.5, 0.6) is 5.75 Å². The molecule has 1 amide bonds. The Labute approximate surface area is 141 Å². The Bertz CT molecular complexity index is 763. The Hall–Kier alpha value is -2.61. The van der Waals surface area contributed by atoms with Gasteiger partial charge in [-0.25, -0.2) is 0 Å². The molecule has 8 heteroatoms. The summed E-state index contributed by atoms with van der Waals surface area (Å²) in [6.45, 7) is 0. The van der Waals surface area contributed by atoms with Gasteiger partial charge in [-0.2, -0.15) is 13.2 Å². The summed E-state index contributed by atoms with van der Waals surface area (Å²) >= 11 is 4.96. The summed E-state index contributed by atoms with van der Waals surface area (Å²) in [6, 6.07) is 11.0. The van der Waals surface area contributed by atoms with Crippen molar-refractivity contribution in [1.82, 2.24) is 5.32 Å². The monoisotopic (exact) mass is 354 g/mol. The molecule has 0 radical (unpaired) electrons. The molecular formula is C16H13F3N2O2S. The van der Waals surface area contributed by atoms with Crippen LogP contribution in [0.15, 0.2) is 48.5 Å². The van der Waals surface area contributed by atoms with E-state index in [1.54, 1.807) is 24.3 Å². The van der Waals surface area contributed by atoms with Crippen LogP contribution in [-0.4, -0.2) is 18.1 Å². The molecule has 0 saturated heterocycles. The highest BCUT2D eigenvalue weighted by Crippen LogP contribution is 2.30. The van der Waals surface area contributed by atoms with Crippen LogP contribution in [-0.2, 0) is 6.18 Å². The van der Waals surface area contributed by atoms with Crippen molar-refractivity contribution in [3.05, 3.63) is 59.7 Å². The molecule has 0 unspecified atom stereocenters. The van der Waals surface area contributed by atoms with Gasteiger partial charge in [0.15, 0.2) is 5.11 Å². The van der Waals surface area contributed by atoms with Crippen LogP contribution >= 0.6 is 12.2 Å². The van der Waals surface area contributed by atoms with Crippen molar-refractivity contribution >= 4 is 28.9 Å². The van der Waals surface area contributed by atoms with E-state index in [-0.39, 0.29) is 16.4 Å². The summed E-state index contributed by atoms with van der Waals surface area (Å²) in [5, 5.41) is 4.83. The van der Waals surface area contributed by atoms with Crippen molar-refractivity contribution in [3.63, 3.8) is 0 Å². The quantitative estimate of drug-likeness (QED) is 0.823. The van der Waals surface area contributed by atoms with Crippen molar-refractivity contribution in [2.45, 2.75) is 6.18 Å². The molecule has 2 rings (SSSR count). The van der Waals surface area contributed by atoms with Crippen LogP contribution < -0.4 is 15.4 Å². The Balaban J connectivity index is 2.07. The minimum atomic E-state index is -4.46. The topological polar surface area (TPSA) is 50.4 Å². The summed E-state index contributed by atoms with van der Waals surface area (Å²) in [6.07, 6.45) is -4.46. The second-order valence-corrected chi connectivity index (χ2v) is 5.10. The summed E-state index contributed by atoms with van der Waals surface area (Å²) in [5.41, 5.74) is -0.435. The lowest BCUT2D eigenvalue weighted by molar-refractivity contribution is -0.137. The predicted octanol–water partition coefficient (Wildman–Crippen LogP) is 3.84. The number of carbonyl (C=O) groups excluding carboxylic acids is 1. The molecule has 24 heavy (non-hydrogen) atoms. The van der Waals surface area contributed by atoms with Gasteiger partial charge < -0.3 is 10.1 Å². The minimum absolute atomic E-state index is 0.120. The summed E-state index contributed by atoms with van der Waals surface area (Å²) in [7, 11) is 1.42. The largest absolute Gasteiger partial charge is 0.496 e. The highest BCUT2D eigenvalue weighted by molar-refractivity contribution is 7.80. The number of nitrogens with one attached hydrogen (secondary N) is 2. The van der Waals surface area contributed by atoms with Crippen LogP contribution in [0, 0.1) is 0 Å². The number of thiocarbonyl (C=S) groups is 1. The van der Waals surface area contributed by atoms with Gasteiger partial charge in [-0.1, -0.05) is 18.2 Å². The van der Waals surface area contributed by atoms with Crippen molar-refractivity contribution in [1.29, 1.82) is 0 Å². The SMILES string of the molecule is COc1ccccc1C(=O)NC(=S)Nc1cccc(C(F)(F)F)c1. The highest BCUT2D eigenvalue weighted by atomic mass is 32.1. The smallest absolute Gasteiger partial charge is 0.416 e. The fourth-order valence-electron chi connectivity index (χ4n) is 1.94. The Morgan fingerprint density at radius 2 is 1.83 bits per heavy atom. The van der Waals surface area contributed by atoms with Crippen molar-refractivity contribution < 1.29 is 22.7 Å². The number of ether oxygens (including phenoxy) is 1. The fraction of sp³-hybridized carbons (Fsp3) is 0.125. The molecule has 0 aliphatic rings. The van der Waals surface area contributed by atoms with Crippen LogP contribution in [0.4, 0.5) is 18.9 Å². The number of para-hydroxylation sites is 1. The first-order valence-corrected chi connectivity index (χ1v) is 7.14. The molecule has 0 heterocycles. The number of halogens is 3. The molecule has 126 valence electrons. The summed E-state index contributed by atoms with van der Waals surface area (Å²) in [5.74, 6) is -0.172. The van der Waals surface area contributed by atoms with Gasteiger partial charge in [0.05, 0.1) is 18.2 Å². The molecule has 0 fully saturated rings. The molecule has 0 saturated carbocycles. The van der Waals surface area contributed by atoms with E-state index in [2.05, 4.69) is 10.6 Å². The molecule has 0 bridgehead atoms. The zero-order chi connectivity index (χ0) is 17.7. The van der Waals surface area contributed by atoms with E-state index < -0.39 is 17.6 Å². The Morgan fingerprint density at radius 3 is 2.50 bits per heavy atom. The highest BCUT2D eigenvalue weighted by Gasteiger charge is 2.30. The van der Waals surface area contributed by atoms with Gasteiger partial charge in [0.2, 0.25) is 0 Å². The van der Waals surface area contributed by atoms with Crippen LogP contribution in [0.3, 0.4) is 0 Å². The number of benzene rings is 2. The maximum absolute atomic E-state index is 12.7. The molecule has 0 aliphatic heterocycles. The lowest BCUT2D eigenvalue weighted by Crippen LogP contribution is -2.34. The molecule has 2 aromatic rings. The lowest BCUT2D eigenvalue weighted by Gasteiger charge is -2.13. The van der Waals surface area contributed by atoms with Crippen molar-refractivity contribution in [2.24, 2.45) is 0 Å². The van der Waals surface area contributed by atoms with E-state index >= 15 is 0 Å². The van der Waals surface area contributed by atoms with Gasteiger partial charge in [-0.3, -0.25) is 10.1 Å². The average Bonchev–Trinajstić information content (AvgIpc) is 2.54. The number of carbonyl (C=O) groups is 1. The van der Waals surface area contributed by atoms with Gasteiger partial charge in [-0.05, 0) is 42.5 Å². The third-order valence-electron chi connectivity index (χ3n) is 3.03. The fourth-order valence-corrected chi connectivity index (χ4v) is 2.15. The molecule has 0 atom stereocenters. The molecule has 0 aromatic heterocycles. The Morgan fingerprint density at radius 1 is 1.12 bits per heavy atom. The number of anilines is 1. The van der Waals surface area contributed by atoms with Gasteiger partial charge >= 0.3 is 6.18 Å². The van der Waals surface area contributed by atoms with E-state index in [4.69, 9.17) is 17.0 Å². The van der Waals surface area contributed by atoms with Crippen molar-refractivity contribution in [2.75, 3.05) is 12.4 Å². The van der Waals surface area contributed by atoms with Crippen LogP contribution in [0.25, 0.3) is 0 Å². The summed E-state index contributed by atoms with van der Waals surface area (Å²) < 4.78 is 43.1. The Kier molecular flexibility index (Phi) is 5.40. The zero-order valence-corrected chi connectivity index (χ0v) is 13.3. The summed E-state index contributed by atoms with van der Waals surface area (Å²) in [4.78, 5) is 12.2. The number of hydrogen-bond donors (Lipinski definition) is 2. The number of hydrogen-bond acceptors (Lipinski definition) is 3. The first-order chi connectivity index (χ1) is 11.3. The molecule has 0 spiro atoms. The van der Waals surface area contributed by atoms with Crippen molar-refractivity contribution in [3.8, 4) is 5.75 Å². The second-order valence-electron chi connectivity index (χ2n) is 4.69. The standard InChI is InChI=1S/C16H13F3N2O2S/c1-23-13-8-3-2-7-12(13)14(22)21-15(24)20-11-6-4-5-10(9-11)16(17,18)19/h2-9H,1H3,(H2,20,21,22,24). The zero-order valence-electron chi connectivity index (χ0n) is 12.5. The van der Waals surface area contributed by atoms with E-state index in [9.17, 15) is 18.0 Å². The van der Waals surface area contributed by atoms with Crippen LogP contribution in [0.2, 0.25) is 0 Å². The first kappa shape index (κ1) is 17.7. The van der Waals surface area contributed by atoms with E-state index in [0.717, 1.165) is 12.1 Å².